The van der Waals surface area contributed by atoms with E-state index in [1.165, 1.54) is 4.31 Å². The van der Waals surface area contributed by atoms with Crippen LogP contribution in [-0.4, -0.2) is 65.3 Å². The van der Waals surface area contributed by atoms with Gasteiger partial charge in [0, 0.05) is 37.6 Å². The van der Waals surface area contributed by atoms with Gasteiger partial charge in [-0.3, -0.25) is 9.10 Å². The zero-order valence-electron chi connectivity index (χ0n) is 18.7. The summed E-state index contributed by atoms with van der Waals surface area (Å²) in [5, 5.41) is 2.83. The van der Waals surface area contributed by atoms with Crippen molar-refractivity contribution in [3.63, 3.8) is 0 Å². The summed E-state index contributed by atoms with van der Waals surface area (Å²) >= 11 is 0. The Hall–Kier alpha value is -2.58. The molecule has 31 heavy (non-hydrogen) atoms. The Labute approximate surface area is 185 Å². The second-order valence-electron chi connectivity index (χ2n) is 8.37. The van der Waals surface area contributed by atoms with Crippen LogP contribution in [0.15, 0.2) is 48.5 Å². The zero-order chi connectivity index (χ0) is 22.6. The summed E-state index contributed by atoms with van der Waals surface area (Å²) in [6, 6.07) is 15.0. The molecule has 7 nitrogen and oxygen atoms in total. The van der Waals surface area contributed by atoms with E-state index in [0.29, 0.717) is 11.4 Å². The minimum atomic E-state index is -3.63. The van der Waals surface area contributed by atoms with E-state index in [4.69, 9.17) is 0 Å². The zero-order valence-corrected chi connectivity index (χ0v) is 19.5. The van der Waals surface area contributed by atoms with E-state index in [1.807, 2.05) is 50.2 Å². The quantitative estimate of drug-likeness (QED) is 0.711. The first kappa shape index (κ1) is 23.1. The van der Waals surface area contributed by atoms with Crippen LogP contribution in [0.5, 0.6) is 0 Å². The van der Waals surface area contributed by atoms with E-state index in [2.05, 4.69) is 22.2 Å². The van der Waals surface area contributed by atoms with E-state index < -0.39 is 10.0 Å². The van der Waals surface area contributed by atoms with Crippen LogP contribution in [0.3, 0.4) is 0 Å². The lowest BCUT2D eigenvalue weighted by Crippen LogP contribution is -2.44. The fraction of sp³-hybridized carbons (Fsp3) is 0.435. The molecule has 0 aliphatic carbocycles. The van der Waals surface area contributed by atoms with Gasteiger partial charge in [-0.1, -0.05) is 32.0 Å². The second kappa shape index (κ2) is 9.70. The van der Waals surface area contributed by atoms with Crippen LogP contribution in [-0.2, 0) is 14.8 Å². The van der Waals surface area contributed by atoms with Gasteiger partial charge in [0.25, 0.3) is 0 Å². The molecule has 168 valence electrons. The van der Waals surface area contributed by atoms with Crippen LogP contribution in [0, 0.1) is 0 Å². The number of nitrogens with zero attached hydrogens (tertiary/aromatic N) is 3. The third kappa shape index (κ3) is 5.98. The molecule has 0 radical (unpaired) electrons. The number of likely N-dealkylation sites (N-methyl/N-ethyl adjacent to an activating group) is 1. The van der Waals surface area contributed by atoms with Crippen molar-refractivity contribution in [1.82, 2.24) is 4.90 Å². The standard InChI is InChI=1S/C23H32N4O3S/c1-18(2)21-7-5-6-8-22(21)27(31(4,29)30)17-23(28)24-19-9-11-20(12-10-19)26-15-13-25(3)14-16-26/h5-12,18H,13-17H2,1-4H3,(H,24,28). The molecule has 8 heteroatoms. The number of para-hydroxylation sites is 1. The van der Waals surface area contributed by atoms with Crippen molar-refractivity contribution in [2.24, 2.45) is 0 Å². The summed E-state index contributed by atoms with van der Waals surface area (Å²) in [5.41, 5.74) is 3.20. The van der Waals surface area contributed by atoms with Crippen LogP contribution in [0.25, 0.3) is 0 Å². The minimum absolute atomic E-state index is 0.130. The van der Waals surface area contributed by atoms with Crippen LogP contribution < -0.4 is 14.5 Å². The fourth-order valence-corrected chi connectivity index (χ4v) is 4.61. The monoisotopic (exact) mass is 444 g/mol. The Morgan fingerprint density at radius 1 is 1.03 bits per heavy atom. The molecular weight excluding hydrogens is 412 g/mol. The summed E-state index contributed by atoms with van der Waals surface area (Å²) in [7, 11) is -1.50. The molecule has 3 rings (SSSR count). The number of carbonyl (C=O) groups excluding carboxylic acids is 1. The van der Waals surface area contributed by atoms with E-state index in [0.717, 1.165) is 43.7 Å². The van der Waals surface area contributed by atoms with Gasteiger partial charge in [0.05, 0.1) is 11.9 Å². The molecule has 1 amide bonds. The number of benzene rings is 2. The smallest absolute Gasteiger partial charge is 0.245 e. The summed E-state index contributed by atoms with van der Waals surface area (Å²) in [6.45, 7) is 7.72. The van der Waals surface area contributed by atoms with Gasteiger partial charge in [-0.25, -0.2) is 8.42 Å². The molecule has 0 atom stereocenters. The normalized spacial score (nSPS) is 15.2. The van der Waals surface area contributed by atoms with Gasteiger partial charge in [-0.2, -0.15) is 0 Å². The SMILES string of the molecule is CC(C)c1ccccc1N(CC(=O)Nc1ccc(N2CCN(C)CC2)cc1)S(C)(=O)=O. The molecule has 0 saturated carbocycles. The van der Waals surface area contributed by atoms with Crippen molar-refractivity contribution in [3.8, 4) is 0 Å². The first-order valence-electron chi connectivity index (χ1n) is 10.5. The van der Waals surface area contributed by atoms with Crippen LogP contribution in [0.4, 0.5) is 17.1 Å². The van der Waals surface area contributed by atoms with Gasteiger partial charge in [0.15, 0.2) is 0 Å². The van der Waals surface area contributed by atoms with Crippen LogP contribution >= 0.6 is 0 Å². The van der Waals surface area contributed by atoms with E-state index in [9.17, 15) is 13.2 Å². The van der Waals surface area contributed by atoms with Gasteiger partial charge >= 0.3 is 0 Å². The van der Waals surface area contributed by atoms with Gasteiger partial charge in [0.1, 0.15) is 6.54 Å². The molecule has 2 aromatic rings. The molecule has 1 saturated heterocycles. The number of carbonyl (C=O) groups is 1. The molecular formula is C23H32N4O3S. The molecule has 0 unspecified atom stereocenters. The Balaban J connectivity index is 1.71. The summed E-state index contributed by atoms with van der Waals surface area (Å²) in [4.78, 5) is 17.3. The Bertz CT molecular complexity index is 998. The average Bonchev–Trinajstić information content (AvgIpc) is 2.72. The van der Waals surface area contributed by atoms with Gasteiger partial charge in [-0.15, -0.1) is 0 Å². The summed E-state index contributed by atoms with van der Waals surface area (Å²) < 4.78 is 26.1. The second-order valence-corrected chi connectivity index (χ2v) is 10.3. The average molecular weight is 445 g/mol. The highest BCUT2D eigenvalue weighted by molar-refractivity contribution is 7.92. The molecule has 1 aliphatic heterocycles. The van der Waals surface area contributed by atoms with Crippen LogP contribution in [0.1, 0.15) is 25.3 Å². The predicted octanol–water partition coefficient (Wildman–Crippen LogP) is 2.97. The molecule has 0 aromatic heterocycles. The first-order chi connectivity index (χ1) is 14.6. The van der Waals surface area contributed by atoms with E-state index in [1.54, 1.807) is 12.1 Å². The lowest BCUT2D eigenvalue weighted by atomic mass is 10.0. The van der Waals surface area contributed by atoms with Crippen molar-refractivity contribution in [2.45, 2.75) is 19.8 Å². The summed E-state index contributed by atoms with van der Waals surface area (Å²) in [5.74, 6) is -0.248. The van der Waals surface area contributed by atoms with Crippen molar-refractivity contribution < 1.29 is 13.2 Å². The maximum absolute atomic E-state index is 12.7. The van der Waals surface area contributed by atoms with Crippen molar-refractivity contribution in [1.29, 1.82) is 0 Å². The molecule has 1 fully saturated rings. The number of amides is 1. The number of nitrogens with one attached hydrogen (secondary N) is 1. The highest BCUT2D eigenvalue weighted by Gasteiger charge is 2.24. The van der Waals surface area contributed by atoms with Gasteiger partial charge < -0.3 is 15.1 Å². The lowest BCUT2D eigenvalue weighted by Gasteiger charge is -2.34. The Kier molecular flexibility index (Phi) is 7.23. The van der Waals surface area contributed by atoms with Gasteiger partial charge in [0.2, 0.25) is 15.9 Å². The minimum Gasteiger partial charge on any atom is -0.369 e. The first-order valence-corrected chi connectivity index (χ1v) is 12.4. The molecule has 1 heterocycles. The van der Waals surface area contributed by atoms with Crippen LogP contribution in [0.2, 0.25) is 0 Å². The van der Waals surface area contributed by atoms with Gasteiger partial charge in [-0.05, 0) is 48.9 Å². The fourth-order valence-electron chi connectivity index (χ4n) is 3.74. The summed E-state index contributed by atoms with van der Waals surface area (Å²) in [6.07, 6.45) is 1.13. The third-order valence-corrected chi connectivity index (χ3v) is 6.66. The number of piperazine rings is 1. The molecule has 2 aromatic carbocycles. The maximum atomic E-state index is 12.7. The van der Waals surface area contributed by atoms with Crippen molar-refractivity contribution in [2.75, 3.05) is 60.5 Å². The topological polar surface area (TPSA) is 73.0 Å². The molecule has 0 spiro atoms. The predicted molar refractivity (Wildman–Crippen MR) is 128 cm³/mol. The highest BCUT2D eigenvalue weighted by atomic mass is 32.2. The Morgan fingerprint density at radius 2 is 1.65 bits per heavy atom. The van der Waals surface area contributed by atoms with E-state index >= 15 is 0 Å². The molecule has 1 aliphatic rings. The van der Waals surface area contributed by atoms with Crippen molar-refractivity contribution >= 4 is 33.0 Å². The number of rotatable bonds is 7. The molecule has 1 N–H and O–H groups in total. The maximum Gasteiger partial charge on any atom is 0.245 e. The largest absolute Gasteiger partial charge is 0.369 e. The number of hydrogen-bond acceptors (Lipinski definition) is 5. The Morgan fingerprint density at radius 3 is 2.23 bits per heavy atom. The number of sulfonamides is 1. The number of anilines is 3. The number of hydrogen-bond donors (Lipinski definition) is 1. The third-order valence-electron chi connectivity index (χ3n) is 5.53. The highest BCUT2D eigenvalue weighted by Crippen LogP contribution is 2.29. The van der Waals surface area contributed by atoms with E-state index in [-0.39, 0.29) is 18.4 Å². The lowest BCUT2D eigenvalue weighted by molar-refractivity contribution is -0.114. The van der Waals surface area contributed by atoms with Crippen molar-refractivity contribution in [3.05, 3.63) is 54.1 Å². The molecule has 0 bridgehead atoms.